The van der Waals surface area contributed by atoms with Crippen molar-refractivity contribution in [2.24, 2.45) is 0 Å². The van der Waals surface area contributed by atoms with E-state index in [4.69, 9.17) is 0 Å². The predicted octanol–water partition coefficient (Wildman–Crippen LogP) is 0.418. The second kappa shape index (κ2) is 4.99. The van der Waals surface area contributed by atoms with E-state index in [0.29, 0.717) is 12.2 Å². The van der Waals surface area contributed by atoms with E-state index in [1.54, 1.807) is 19.4 Å². The summed E-state index contributed by atoms with van der Waals surface area (Å²) >= 11 is 0. The van der Waals surface area contributed by atoms with E-state index in [1.807, 2.05) is 24.3 Å². The summed E-state index contributed by atoms with van der Waals surface area (Å²) in [6.07, 6.45) is 2.58. The van der Waals surface area contributed by atoms with Crippen LogP contribution in [0.2, 0.25) is 0 Å². The lowest BCUT2D eigenvalue weighted by Crippen LogP contribution is -2.21. The minimum absolute atomic E-state index is 0.214. The van der Waals surface area contributed by atoms with Gasteiger partial charge < -0.3 is 15.4 Å². The van der Waals surface area contributed by atoms with Gasteiger partial charge in [-0.15, -0.1) is 0 Å². The number of para-hydroxylation sites is 1. The smallest absolute Gasteiger partial charge is 0.330 e. The van der Waals surface area contributed by atoms with Crippen LogP contribution in [-0.2, 0) is 0 Å². The number of hydrogen-bond acceptors (Lipinski definition) is 3. The molecule has 0 aliphatic carbocycles. The zero-order valence-corrected chi connectivity index (χ0v) is 9.55. The van der Waals surface area contributed by atoms with Gasteiger partial charge in [-0.05, 0) is 13.1 Å². The van der Waals surface area contributed by atoms with E-state index in [2.05, 4.69) is 10.3 Å². The summed E-state index contributed by atoms with van der Waals surface area (Å²) in [7, 11) is 1.77. The molecule has 0 aliphatic rings. The van der Waals surface area contributed by atoms with Crippen LogP contribution in [0.15, 0.2) is 41.5 Å². The summed E-state index contributed by atoms with van der Waals surface area (Å²) in [5.41, 5.74) is 1.21. The highest BCUT2D eigenvalue weighted by atomic mass is 16.3. The quantitative estimate of drug-likeness (QED) is 0.716. The molecule has 0 saturated heterocycles. The average molecular weight is 233 g/mol. The lowest BCUT2D eigenvalue weighted by Gasteiger charge is -2.15. The molecule has 1 unspecified atom stereocenters. The van der Waals surface area contributed by atoms with Crippen LogP contribution in [0.4, 0.5) is 0 Å². The first-order valence-corrected chi connectivity index (χ1v) is 5.42. The normalized spacial score (nSPS) is 12.6. The largest absolute Gasteiger partial charge is 0.387 e. The van der Waals surface area contributed by atoms with Crippen LogP contribution in [0, 0.1) is 0 Å². The van der Waals surface area contributed by atoms with Gasteiger partial charge in [-0.2, -0.15) is 0 Å². The molecule has 3 N–H and O–H groups in total. The van der Waals surface area contributed by atoms with Gasteiger partial charge in [0.25, 0.3) is 0 Å². The van der Waals surface area contributed by atoms with Crippen LogP contribution in [0.25, 0.3) is 5.69 Å². The van der Waals surface area contributed by atoms with Crippen molar-refractivity contribution in [3.63, 3.8) is 0 Å². The Balaban J connectivity index is 2.48. The van der Waals surface area contributed by atoms with Crippen molar-refractivity contribution in [3.05, 3.63) is 52.7 Å². The molecule has 1 heterocycles. The maximum absolute atomic E-state index is 11.6. The highest BCUT2D eigenvalue weighted by molar-refractivity contribution is 5.42. The zero-order valence-electron chi connectivity index (χ0n) is 9.55. The van der Waals surface area contributed by atoms with Gasteiger partial charge >= 0.3 is 5.69 Å². The third-order valence-corrected chi connectivity index (χ3v) is 2.60. The minimum atomic E-state index is -0.641. The molecule has 0 fully saturated rings. The Morgan fingerprint density at radius 3 is 2.88 bits per heavy atom. The zero-order chi connectivity index (χ0) is 12.3. The number of aliphatic hydroxyl groups excluding tert-OH is 1. The fourth-order valence-corrected chi connectivity index (χ4v) is 1.80. The van der Waals surface area contributed by atoms with Crippen molar-refractivity contribution >= 4 is 0 Å². The Bertz CT molecular complexity index is 544. The molecular weight excluding hydrogens is 218 g/mol. The predicted molar refractivity (Wildman–Crippen MR) is 65.3 cm³/mol. The molecule has 90 valence electrons. The summed E-state index contributed by atoms with van der Waals surface area (Å²) < 4.78 is 1.48. The van der Waals surface area contributed by atoms with Gasteiger partial charge in [0.05, 0.1) is 11.8 Å². The maximum atomic E-state index is 11.6. The maximum Gasteiger partial charge on any atom is 0.330 e. The van der Waals surface area contributed by atoms with Gasteiger partial charge in [0, 0.05) is 24.5 Å². The molecule has 0 aliphatic heterocycles. The summed E-state index contributed by atoms with van der Waals surface area (Å²) in [6, 6.07) is 7.31. The Hall–Kier alpha value is -1.85. The van der Waals surface area contributed by atoms with Crippen LogP contribution in [0.1, 0.15) is 11.7 Å². The SMILES string of the molecule is CNCC(O)c1ccccc1-n1cc[nH]c1=O. The number of hydrogen-bond donors (Lipinski definition) is 3. The first-order valence-electron chi connectivity index (χ1n) is 5.42. The molecule has 1 atom stereocenters. The fraction of sp³-hybridized carbons (Fsp3) is 0.250. The highest BCUT2D eigenvalue weighted by Gasteiger charge is 2.13. The molecule has 5 nitrogen and oxygen atoms in total. The Morgan fingerprint density at radius 1 is 1.47 bits per heavy atom. The first-order chi connectivity index (χ1) is 8.24. The van der Waals surface area contributed by atoms with E-state index in [0.717, 1.165) is 5.56 Å². The Morgan fingerprint density at radius 2 is 2.24 bits per heavy atom. The van der Waals surface area contributed by atoms with Crippen LogP contribution >= 0.6 is 0 Å². The Kier molecular flexibility index (Phi) is 3.41. The molecule has 2 aromatic rings. The van der Waals surface area contributed by atoms with E-state index in [-0.39, 0.29) is 5.69 Å². The molecule has 1 aromatic carbocycles. The summed E-state index contributed by atoms with van der Waals surface area (Å²) in [5.74, 6) is 0. The van der Waals surface area contributed by atoms with Gasteiger partial charge in [0.2, 0.25) is 0 Å². The molecule has 0 bridgehead atoms. The Labute approximate surface area is 98.7 Å². The molecular formula is C12H15N3O2. The van der Waals surface area contributed by atoms with E-state index < -0.39 is 6.10 Å². The lowest BCUT2D eigenvalue weighted by molar-refractivity contribution is 0.177. The van der Waals surface area contributed by atoms with Crippen molar-refractivity contribution in [2.45, 2.75) is 6.10 Å². The number of aromatic nitrogens is 2. The number of nitrogens with zero attached hydrogens (tertiary/aromatic N) is 1. The minimum Gasteiger partial charge on any atom is -0.387 e. The number of likely N-dealkylation sites (N-methyl/N-ethyl adjacent to an activating group) is 1. The standard InChI is InChI=1S/C12H15N3O2/c1-13-8-11(16)9-4-2-3-5-10(9)15-7-6-14-12(15)17/h2-7,11,13,16H,8H2,1H3,(H,14,17). The van der Waals surface area contributed by atoms with Gasteiger partial charge in [0.15, 0.2) is 0 Å². The molecule has 0 radical (unpaired) electrons. The molecule has 0 spiro atoms. The number of benzene rings is 1. The van der Waals surface area contributed by atoms with Crippen molar-refractivity contribution in [1.82, 2.24) is 14.9 Å². The second-order valence-electron chi connectivity index (χ2n) is 3.77. The van der Waals surface area contributed by atoms with Crippen molar-refractivity contribution in [3.8, 4) is 5.69 Å². The summed E-state index contributed by atoms with van der Waals surface area (Å²) in [5, 5.41) is 12.9. The molecule has 2 rings (SSSR count). The third-order valence-electron chi connectivity index (χ3n) is 2.60. The van der Waals surface area contributed by atoms with Crippen molar-refractivity contribution < 1.29 is 5.11 Å². The molecule has 5 heteroatoms. The monoisotopic (exact) mass is 233 g/mol. The van der Waals surface area contributed by atoms with Crippen LogP contribution in [-0.4, -0.2) is 28.3 Å². The number of aliphatic hydroxyl groups is 1. The number of aromatic amines is 1. The van der Waals surface area contributed by atoms with Crippen molar-refractivity contribution in [1.29, 1.82) is 0 Å². The van der Waals surface area contributed by atoms with Gasteiger partial charge in [-0.3, -0.25) is 4.57 Å². The van der Waals surface area contributed by atoms with Crippen LogP contribution in [0.3, 0.4) is 0 Å². The fourth-order valence-electron chi connectivity index (χ4n) is 1.80. The van der Waals surface area contributed by atoms with Crippen LogP contribution < -0.4 is 11.0 Å². The number of rotatable bonds is 4. The molecule has 17 heavy (non-hydrogen) atoms. The summed E-state index contributed by atoms with van der Waals surface area (Å²) in [6.45, 7) is 0.441. The van der Waals surface area contributed by atoms with Crippen LogP contribution in [0.5, 0.6) is 0 Å². The average Bonchev–Trinajstić information content (AvgIpc) is 2.76. The lowest BCUT2D eigenvalue weighted by atomic mass is 10.1. The molecule has 0 saturated carbocycles. The van der Waals surface area contributed by atoms with Gasteiger partial charge in [-0.1, -0.05) is 18.2 Å². The second-order valence-corrected chi connectivity index (χ2v) is 3.77. The van der Waals surface area contributed by atoms with E-state index >= 15 is 0 Å². The number of imidazole rings is 1. The number of H-pyrrole nitrogens is 1. The van der Waals surface area contributed by atoms with Gasteiger partial charge in [0.1, 0.15) is 0 Å². The first kappa shape index (κ1) is 11.6. The third kappa shape index (κ3) is 2.30. The topological polar surface area (TPSA) is 70.0 Å². The number of nitrogens with one attached hydrogen (secondary N) is 2. The van der Waals surface area contributed by atoms with E-state index in [1.165, 1.54) is 4.57 Å². The molecule has 0 amide bonds. The molecule has 1 aromatic heterocycles. The van der Waals surface area contributed by atoms with E-state index in [9.17, 15) is 9.90 Å². The van der Waals surface area contributed by atoms with Gasteiger partial charge in [-0.25, -0.2) is 4.79 Å². The summed E-state index contributed by atoms with van der Waals surface area (Å²) in [4.78, 5) is 14.1. The highest BCUT2D eigenvalue weighted by Crippen LogP contribution is 2.19. The van der Waals surface area contributed by atoms with Crippen molar-refractivity contribution in [2.75, 3.05) is 13.6 Å².